The van der Waals surface area contributed by atoms with Crippen LogP contribution in [-0.4, -0.2) is 19.2 Å². The van der Waals surface area contributed by atoms with E-state index in [0.29, 0.717) is 12.1 Å². The Kier molecular flexibility index (Phi) is 5.47. The van der Waals surface area contributed by atoms with E-state index in [-0.39, 0.29) is 0 Å². The van der Waals surface area contributed by atoms with Gasteiger partial charge in [-0.25, -0.2) is 0 Å². The lowest BCUT2D eigenvalue weighted by Crippen LogP contribution is -2.45. The molecular formula is C18H29NO. The van der Waals surface area contributed by atoms with Crippen LogP contribution < -0.4 is 10.1 Å². The summed E-state index contributed by atoms with van der Waals surface area (Å²) in [4.78, 5) is 0. The molecule has 0 heterocycles. The van der Waals surface area contributed by atoms with E-state index < -0.39 is 0 Å². The van der Waals surface area contributed by atoms with Gasteiger partial charge in [-0.1, -0.05) is 31.9 Å². The molecule has 3 unspecified atom stereocenters. The largest absolute Gasteiger partial charge is 0.489 e. The summed E-state index contributed by atoms with van der Waals surface area (Å²) < 4.78 is 6.38. The molecule has 0 aliphatic heterocycles. The number of benzene rings is 1. The molecule has 3 atom stereocenters. The van der Waals surface area contributed by atoms with Gasteiger partial charge < -0.3 is 10.1 Å². The molecule has 112 valence electrons. The maximum absolute atomic E-state index is 6.38. The number of nitrogens with one attached hydrogen (secondary N) is 1. The lowest BCUT2D eigenvalue weighted by Gasteiger charge is -2.36. The molecule has 1 aromatic rings. The Morgan fingerprint density at radius 1 is 1.25 bits per heavy atom. The second kappa shape index (κ2) is 7.12. The van der Waals surface area contributed by atoms with Crippen LogP contribution in [0.25, 0.3) is 0 Å². The summed E-state index contributed by atoms with van der Waals surface area (Å²) in [6.07, 6.45) is 6.69. The molecule has 1 N–H and O–H groups in total. The van der Waals surface area contributed by atoms with Crippen LogP contribution in [0.2, 0.25) is 0 Å². The number of ether oxygens (including phenoxy) is 1. The predicted molar refractivity (Wildman–Crippen MR) is 85.4 cm³/mol. The van der Waals surface area contributed by atoms with Gasteiger partial charge in [-0.15, -0.1) is 0 Å². The molecule has 1 aliphatic rings. The highest BCUT2D eigenvalue weighted by Crippen LogP contribution is 2.32. The first-order valence-corrected chi connectivity index (χ1v) is 8.05. The SMILES string of the molecule is CCCC1CCC(NC)C(Oc2cc(C)ccc2C)C1. The zero-order valence-electron chi connectivity index (χ0n) is 13.4. The van der Waals surface area contributed by atoms with E-state index in [1.807, 2.05) is 0 Å². The molecule has 1 aliphatic carbocycles. The average Bonchev–Trinajstić information content (AvgIpc) is 2.44. The van der Waals surface area contributed by atoms with Crippen LogP contribution in [0.1, 0.15) is 50.2 Å². The van der Waals surface area contributed by atoms with Crippen molar-refractivity contribution in [1.29, 1.82) is 0 Å². The Morgan fingerprint density at radius 2 is 2.05 bits per heavy atom. The summed E-state index contributed by atoms with van der Waals surface area (Å²) in [5.74, 6) is 1.90. The molecule has 1 aromatic carbocycles. The molecule has 0 bridgehead atoms. The summed E-state index contributed by atoms with van der Waals surface area (Å²) in [6, 6.07) is 6.97. The molecule has 0 spiro atoms. The van der Waals surface area contributed by atoms with Gasteiger partial charge in [0.25, 0.3) is 0 Å². The van der Waals surface area contributed by atoms with Crippen molar-refractivity contribution in [3.63, 3.8) is 0 Å². The van der Waals surface area contributed by atoms with Gasteiger partial charge in [0.15, 0.2) is 0 Å². The van der Waals surface area contributed by atoms with Crippen LogP contribution in [0.3, 0.4) is 0 Å². The van der Waals surface area contributed by atoms with Crippen LogP contribution in [-0.2, 0) is 0 Å². The van der Waals surface area contributed by atoms with Crippen molar-refractivity contribution in [3.8, 4) is 5.75 Å². The summed E-state index contributed by atoms with van der Waals surface area (Å²) >= 11 is 0. The Balaban J connectivity index is 2.09. The van der Waals surface area contributed by atoms with E-state index >= 15 is 0 Å². The van der Waals surface area contributed by atoms with Gasteiger partial charge in [-0.05, 0) is 63.3 Å². The van der Waals surface area contributed by atoms with Gasteiger partial charge in [-0.3, -0.25) is 0 Å². The van der Waals surface area contributed by atoms with Gasteiger partial charge in [0.2, 0.25) is 0 Å². The first-order valence-electron chi connectivity index (χ1n) is 8.05. The van der Waals surface area contributed by atoms with Crippen LogP contribution >= 0.6 is 0 Å². The highest BCUT2D eigenvalue weighted by Gasteiger charge is 2.30. The Labute approximate surface area is 123 Å². The van der Waals surface area contributed by atoms with Crippen molar-refractivity contribution < 1.29 is 4.74 Å². The molecule has 2 heteroatoms. The first kappa shape index (κ1) is 15.4. The topological polar surface area (TPSA) is 21.3 Å². The number of hydrogen-bond donors (Lipinski definition) is 1. The second-order valence-corrected chi connectivity index (χ2v) is 6.29. The maximum atomic E-state index is 6.38. The fraction of sp³-hybridized carbons (Fsp3) is 0.667. The molecule has 1 fully saturated rings. The molecule has 1 saturated carbocycles. The molecular weight excluding hydrogens is 246 g/mol. The molecule has 0 saturated heterocycles. The van der Waals surface area contributed by atoms with Crippen molar-refractivity contribution in [2.75, 3.05) is 7.05 Å². The average molecular weight is 275 g/mol. The second-order valence-electron chi connectivity index (χ2n) is 6.29. The van der Waals surface area contributed by atoms with Crippen molar-refractivity contribution >= 4 is 0 Å². The lowest BCUT2D eigenvalue weighted by atomic mass is 9.81. The van der Waals surface area contributed by atoms with Crippen molar-refractivity contribution in [2.45, 2.75) is 65.0 Å². The van der Waals surface area contributed by atoms with E-state index in [1.165, 1.54) is 43.2 Å². The third-order valence-electron chi connectivity index (χ3n) is 4.59. The van der Waals surface area contributed by atoms with Crippen LogP contribution in [0.4, 0.5) is 0 Å². The van der Waals surface area contributed by atoms with Crippen molar-refractivity contribution in [3.05, 3.63) is 29.3 Å². The van der Waals surface area contributed by atoms with E-state index in [0.717, 1.165) is 11.7 Å². The molecule has 2 rings (SSSR count). The smallest absolute Gasteiger partial charge is 0.122 e. The zero-order chi connectivity index (χ0) is 14.5. The van der Waals surface area contributed by atoms with Gasteiger partial charge in [0.05, 0.1) is 0 Å². The highest BCUT2D eigenvalue weighted by molar-refractivity contribution is 5.36. The van der Waals surface area contributed by atoms with E-state index in [1.54, 1.807) is 0 Å². The number of hydrogen-bond acceptors (Lipinski definition) is 2. The zero-order valence-corrected chi connectivity index (χ0v) is 13.4. The quantitative estimate of drug-likeness (QED) is 0.868. The summed E-state index contributed by atoms with van der Waals surface area (Å²) in [6.45, 7) is 6.54. The van der Waals surface area contributed by atoms with Gasteiger partial charge >= 0.3 is 0 Å². The fourth-order valence-electron chi connectivity index (χ4n) is 3.34. The minimum absolute atomic E-state index is 0.311. The molecule has 2 nitrogen and oxygen atoms in total. The predicted octanol–water partition coefficient (Wildman–Crippen LogP) is 4.24. The van der Waals surface area contributed by atoms with Crippen molar-refractivity contribution in [1.82, 2.24) is 5.32 Å². The minimum Gasteiger partial charge on any atom is -0.489 e. The molecule has 0 aromatic heterocycles. The molecule has 0 radical (unpaired) electrons. The van der Waals surface area contributed by atoms with E-state index in [2.05, 4.69) is 51.3 Å². The highest BCUT2D eigenvalue weighted by atomic mass is 16.5. The monoisotopic (exact) mass is 275 g/mol. The Bertz CT molecular complexity index is 429. The number of likely N-dealkylation sites (N-methyl/N-ethyl adjacent to an activating group) is 1. The van der Waals surface area contributed by atoms with Gasteiger partial charge in [0.1, 0.15) is 11.9 Å². The fourth-order valence-corrected chi connectivity index (χ4v) is 3.34. The van der Waals surface area contributed by atoms with Crippen LogP contribution in [0.5, 0.6) is 5.75 Å². The van der Waals surface area contributed by atoms with Gasteiger partial charge in [-0.2, -0.15) is 0 Å². The molecule has 20 heavy (non-hydrogen) atoms. The molecule has 0 amide bonds. The minimum atomic E-state index is 0.311. The first-order chi connectivity index (χ1) is 9.63. The van der Waals surface area contributed by atoms with Gasteiger partial charge in [0, 0.05) is 6.04 Å². The van der Waals surface area contributed by atoms with Crippen LogP contribution in [0.15, 0.2) is 18.2 Å². The standard InChI is InChI=1S/C18H29NO/c1-5-6-15-9-10-16(19-4)18(12-15)20-17-11-13(2)7-8-14(17)3/h7-8,11,15-16,18-19H,5-6,9-10,12H2,1-4H3. The van der Waals surface area contributed by atoms with Crippen LogP contribution in [0, 0.1) is 19.8 Å². The normalized spacial score (nSPS) is 26.5. The van der Waals surface area contributed by atoms with E-state index in [9.17, 15) is 0 Å². The summed E-state index contributed by atoms with van der Waals surface area (Å²) in [7, 11) is 2.06. The third-order valence-corrected chi connectivity index (χ3v) is 4.59. The maximum Gasteiger partial charge on any atom is 0.122 e. The third kappa shape index (κ3) is 3.76. The Hall–Kier alpha value is -1.02. The summed E-state index contributed by atoms with van der Waals surface area (Å²) in [5, 5.41) is 3.45. The van der Waals surface area contributed by atoms with E-state index in [4.69, 9.17) is 4.74 Å². The van der Waals surface area contributed by atoms with Crippen molar-refractivity contribution in [2.24, 2.45) is 5.92 Å². The number of aryl methyl sites for hydroxylation is 2. The number of rotatable bonds is 5. The lowest BCUT2D eigenvalue weighted by molar-refractivity contribution is 0.0859. The Morgan fingerprint density at radius 3 is 2.75 bits per heavy atom. The summed E-state index contributed by atoms with van der Waals surface area (Å²) in [5.41, 5.74) is 2.51.